The van der Waals surface area contributed by atoms with Crippen molar-refractivity contribution in [2.24, 2.45) is 5.73 Å². The highest BCUT2D eigenvalue weighted by Gasteiger charge is 2.40. The van der Waals surface area contributed by atoms with E-state index in [1.54, 1.807) is 0 Å². The molecule has 1 aromatic carbocycles. The molecule has 0 amide bonds. The van der Waals surface area contributed by atoms with E-state index in [0.29, 0.717) is 12.8 Å². The molecule has 23 heavy (non-hydrogen) atoms. The lowest BCUT2D eigenvalue weighted by atomic mass is 9.93. The molecule has 0 unspecified atom stereocenters. The van der Waals surface area contributed by atoms with Crippen LogP contribution in [0.4, 0.5) is 30.7 Å². The molecular formula is C14H17ClF7N. The lowest BCUT2D eigenvalue weighted by Crippen LogP contribution is -2.21. The Labute approximate surface area is 135 Å². The zero-order valence-electron chi connectivity index (χ0n) is 12.2. The van der Waals surface area contributed by atoms with Gasteiger partial charge < -0.3 is 5.73 Å². The molecule has 0 saturated heterocycles. The monoisotopic (exact) mass is 367 g/mol. The van der Waals surface area contributed by atoms with Gasteiger partial charge in [0, 0.05) is 11.6 Å². The Morgan fingerprint density at radius 1 is 1.00 bits per heavy atom. The molecule has 134 valence electrons. The van der Waals surface area contributed by atoms with Crippen LogP contribution in [0, 0.1) is 5.82 Å². The second-order valence-electron chi connectivity index (χ2n) is 5.02. The molecule has 1 atom stereocenters. The van der Waals surface area contributed by atoms with E-state index in [4.69, 9.17) is 5.73 Å². The molecule has 0 aromatic heterocycles. The Morgan fingerprint density at radius 2 is 1.57 bits per heavy atom. The average Bonchev–Trinajstić information content (AvgIpc) is 2.35. The minimum Gasteiger partial charge on any atom is -0.324 e. The van der Waals surface area contributed by atoms with Crippen molar-refractivity contribution in [3.8, 4) is 0 Å². The molecule has 0 aliphatic rings. The molecule has 0 aliphatic carbocycles. The third-order valence-corrected chi connectivity index (χ3v) is 3.25. The van der Waals surface area contributed by atoms with Crippen LogP contribution in [0.15, 0.2) is 12.1 Å². The summed E-state index contributed by atoms with van der Waals surface area (Å²) in [6.07, 6.45) is -8.16. The molecule has 0 heterocycles. The second kappa shape index (κ2) is 8.19. The van der Waals surface area contributed by atoms with Gasteiger partial charge in [-0.05, 0) is 18.6 Å². The van der Waals surface area contributed by atoms with Gasteiger partial charge in [-0.15, -0.1) is 12.4 Å². The van der Waals surface area contributed by atoms with Crippen molar-refractivity contribution in [2.45, 2.75) is 51.0 Å². The van der Waals surface area contributed by atoms with Crippen molar-refractivity contribution < 1.29 is 30.7 Å². The van der Waals surface area contributed by atoms with Gasteiger partial charge in [-0.2, -0.15) is 26.3 Å². The smallest absolute Gasteiger partial charge is 0.324 e. The summed E-state index contributed by atoms with van der Waals surface area (Å²) in [6.45, 7) is 1.87. The molecule has 0 bridgehead atoms. The van der Waals surface area contributed by atoms with Crippen LogP contribution in [-0.4, -0.2) is 0 Å². The van der Waals surface area contributed by atoms with Gasteiger partial charge >= 0.3 is 12.4 Å². The van der Waals surface area contributed by atoms with Crippen LogP contribution in [0.25, 0.3) is 0 Å². The Hall–Kier alpha value is -1.02. The molecule has 9 heteroatoms. The first-order chi connectivity index (χ1) is 9.98. The predicted molar refractivity (Wildman–Crippen MR) is 74.7 cm³/mol. The number of halogens is 8. The number of hydrogen-bond acceptors (Lipinski definition) is 1. The Morgan fingerprint density at radius 3 is 2.00 bits per heavy atom. The molecule has 1 nitrogen and oxygen atoms in total. The van der Waals surface area contributed by atoms with E-state index < -0.39 is 40.9 Å². The fraction of sp³-hybridized carbons (Fsp3) is 0.571. The minimum atomic E-state index is -5.11. The van der Waals surface area contributed by atoms with Crippen LogP contribution in [0.2, 0.25) is 0 Å². The van der Waals surface area contributed by atoms with Gasteiger partial charge in [-0.1, -0.05) is 26.2 Å². The first-order valence-electron chi connectivity index (χ1n) is 6.71. The average molecular weight is 368 g/mol. The summed E-state index contributed by atoms with van der Waals surface area (Å²) in [5, 5.41) is 0. The van der Waals surface area contributed by atoms with Gasteiger partial charge in [0.25, 0.3) is 0 Å². The van der Waals surface area contributed by atoms with Crippen LogP contribution in [0.1, 0.15) is 55.3 Å². The van der Waals surface area contributed by atoms with E-state index in [2.05, 4.69) is 0 Å². The molecule has 1 rings (SSSR count). The van der Waals surface area contributed by atoms with E-state index in [1.807, 2.05) is 6.92 Å². The lowest BCUT2D eigenvalue weighted by molar-refractivity contribution is -0.144. The van der Waals surface area contributed by atoms with Gasteiger partial charge in [0.05, 0.1) is 11.1 Å². The normalized spacial score (nSPS) is 13.6. The summed E-state index contributed by atoms with van der Waals surface area (Å²) in [7, 11) is 0. The topological polar surface area (TPSA) is 26.0 Å². The van der Waals surface area contributed by atoms with Crippen molar-refractivity contribution in [2.75, 3.05) is 0 Å². The van der Waals surface area contributed by atoms with Gasteiger partial charge in [-0.3, -0.25) is 0 Å². The number of hydrogen-bond donors (Lipinski definition) is 1. The van der Waals surface area contributed by atoms with Crippen LogP contribution >= 0.6 is 12.4 Å². The highest BCUT2D eigenvalue weighted by atomic mass is 35.5. The molecular weight excluding hydrogens is 351 g/mol. The molecule has 1 aromatic rings. The Kier molecular flexibility index (Phi) is 7.83. The maximum absolute atomic E-state index is 13.9. The second-order valence-corrected chi connectivity index (χ2v) is 5.02. The molecule has 0 spiro atoms. The standard InChI is InChI=1S/C14H16F7N.ClH/c1-2-3-4-5-11(22)12-9(14(19,20)21)6-8(7-10(12)15)13(16,17)18;/h6-7,11H,2-5,22H2,1H3;1H/t11-;/m0./s1. The van der Waals surface area contributed by atoms with E-state index in [-0.39, 0.29) is 31.0 Å². The van der Waals surface area contributed by atoms with Crippen molar-refractivity contribution in [3.05, 3.63) is 34.6 Å². The molecule has 0 radical (unpaired) electrons. The Bertz CT molecular complexity index is 511. The number of alkyl halides is 6. The SMILES string of the molecule is CCCCC[C@H](N)c1c(F)cc(C(F)(F)F)cc1C(F)(F)F.Cl. The zero-order valence-corrected chi connectivity index (χ0v) is 13.0. The van der Waals surface area contributed by atoms with Crippen LogP contribution in [0.5, 0.6) is 0 Å². The van der Waals surface area contributed by atoms with E-state index in [9.17, 15) is 30.7 Å². The Balaban J connectivity index is 0.00000484. The first-order valence-corrected chi connectivity index (χ1v) is 6.71. The van der Waals surface area contributed by atoms with Gasteiger partial charge in [0.1, 0.15) is 5.82 Å². The van der Waals surface area contributed by atoms with Crippen molar-refractivity contribution >= 4 is 12.4 Å². The molecule has 0 fully saturated rings. The molecule has 0 saturated carbocycles. The fourth-order valence-electron chi connectivity index (χ4n) is 2.15. The quantitative estimate of drug-likeness (QED) is 0.511. The van der Waals surface area contributed by atoms with Gasteiger partial charge in [0.2, 0.25) is 0 Å². The van der Waals surface area contributed by atoms with Crippen LogP contribution in [0.3, 0.4) is 0 Å². The number of nitrogens with two attached hydrogens (primary N) is 1. The van der Waals surface area contributed by atoms with Crippen LogP contribution < -0.4 is 5.73 Å². The largest absolute Gasteiger partial charge is 0.416 e. The third-order valence-electron chi connectivity index (χ3n) is 3.25. The third kappa shape index (κ3) is 5.84. The number of benzene rings is 1. The van der Waals surface area contributed by atoms with Crippen molar-refractivity contribution in [1.29, 1.82) is 0 Å². The molecule has 2 N–H and O–H groups in total. The maximum Gasteiger partial charge on any atom is 0.416 e. The minimum absolute atomic E-state index is 0. The zero-order chi connectivity index (χ0) is 17.1. The summed E-state index contributed by atoms with van der Waals surface area (Å²) in [5.41, 5.74) is 1.32. The van der Waals surface area contributed by atoms with Gasteiger partial charge in [-0.25, -0.2) is 4.39 Å². The summed E-state index contributed by atoms with van der Waals surface area (Å²) < 4.78 is 90.4. The highest BCUT2D eigenvalue weighted by molar-refractivity contribution is 5.85. The molecule has 0 aliphatic heterocycles. The highest BCUT2D eigenvalue weighted by Crippen LogP contribution is 2.40. The summed E-state index contributed by atoms with van der Waals surface area (Å²) in [6, 6.07) is -1.33. The van der Waals surface area contributed by atoms with Crippen molar-refractivity contribution in [3.63, 3.8) is 0 Å². The van der Waals surface area contributed by atoms with Crippen molar-refractivity contribution in [1.82, 2.24) is 0 Å². The van der Waals surface area contributed by atoms with Gasteiger partial charge in [0.15, 0.2) is 0 Å². The summed E-state index contributed by atoms with van der Waals surface area (Å²) in [5.74, 6) is -1.58. The fourth-order valence-corrected chi connectivity index (χ4v) is 2.15. The predicted octanol–water partition coefficient (Wildman–Crippen LogP) is 5.87. The lowest BCUT2D eigenvalue weighted by Gasteiger charge is -2.21. The number of unbranched alkanes of at least 4 members (excludes halogenated alkanes) is 2. The number of rotatable bonds is 5. The van der Waals surface area contributed by atoms with Crippen LogP contribution in [-0.2, 0) is 12.4 Å². The van der Waals surface area contributed by atoms with E-state index in [0.717, 1.165) is 6.42 Å². The van der Waals surface area contributed by atoms with E-state index in [1.165, 1.54) is 0 Å². The van der Waals surface area contributed by atoms with E-state index >= 15 is 0 Å². The summed E-state index contributed by atoms with van der Waals surface area (Å²) in [4.78, 5) is 0. The summed E-state index contributed by atoms with van der Waals surface area (Å²) >= 11 is 0. The first kappa shape index (κ1) is 22.0. The maximum atomic E-state index is 13.9.